The summed E-state index contributed by atoms with van der Waals surface area (Å²) < 4.78 is 16.0. The molecule has 6 aromatic rings. The van der Waals surface area contributed by atoms with Gasteiger partial charge in [-0.2, -0.15) is 39.2 Å². The summed E-state index contributed by atoms with van der Waals surface area (Å²) in [5.41, 5.74) is 7.77. The molecule has 8 heterocycles. The van der Waals surface area contributed by atoms with E-state index in [0.29, 0.717) is 81.8 Å². The summed E-state index contributed by atoms with van der Waals surface area (Å²) in [6.45, 7) is 18.0. The van der Waals surface area contributed by atoms with Crippen LogP contribution < -0.4 is 25.4 Å². The Morgan fingerprint density at radius 1 is 0.626 bits per heavy atom. The standard InChI is InChI=1S/C34H48N8O3.C28H39N7O2.C6H11NO2/c1-24(2)29-22-36-42-32(29)37-34(45-28-13-17-40(5)18-14-28)38-33(42)35-21-26-10-6-9-25(19-26)20-30(43)27-11-7-16-41(23-27)31(44)12-8-15-39(3)4;1-19(2)24-18-31-35-26(24)32-28(37-23-9-12-34(3)13-10-23)33-27(35)30-16-21-7-4-6-20(14-21)15-25(36)22-8-5-11-29-17-22;1-7(2)5-3-4-6(8)9/h6,8-10,12,19,22,24,27-28H,7,11,13-18,20-21,23H2,1-5H3,(H,35,37,38);4,6-7,14,18-19,22-23,29H,5,8-13,15-17H2,1-3H3,(H,30,32,33);3-4H,5H2,1-2H3,(H,8,9)/b12-8+;;4-3+. The third kappa shape index (κ3) is 21.2. The van der Waals surface area contributed by atoms with E-state index in [0.717, 1.165) is 141 Å². The van der Waals surface area contributed by atoms with Crippen LogP contribution >= 0.6 is 0 Å². The van der Waals surface area contributed by atoms with E-state index in [4.69, 9.17) is 34.5 Å². The molecular formula is C68H98N16O7. The molecule has 0 saturated carbocycles. The summed E-state index contributed by atoms with van der Waals surface area (Å²) in [6, 6.07) is 17.1. The number of ketones is 2. The van der Waals surface area contributed by atoms with Crippen LogP contribution in [0.3, 0.4) is 0 Å². The number of carbonyl (C=O) groups excluding carboxylic acids is 3. The average molecular weight is 1250 g/mol. The Kier molecular flexibility index (Phi) is 25.9. The van der Waals surface area contributed by atoms with Crippen LogP contribution in [0.5, 0.6) is 12.0 Å². The van der Waals surface area contributed by atoms with E-state index in [1.165, 1.54) is 0 Å². The maximum atomic E-state index is 13.3. The van der Waals surface area contributed by atoms with Gasteiger partial charge >= 0.3 is 18.0 Å². The quantitative estimate of drug-likeness (QED) is 0.0430. The van der Waals surface area contributed by atoms with E-state index in [1.807, 2.05) is 91.7 Å². The van der Waals surface area contributed by atoms with E-state index in [1.54, 1.807) is 21.2 Å². The summed E-state index contributed by atoms with van der Waals surface area (Å²) in [5, 5.41) is 27.5. The molecule has 0 bridgehead atoms. The van der Waals surface area contributed by atoms with Crippen molar-refractivity contribution in [2.45, 2.75) is 129 Å². The zero-order valence-electron chi connectivity index (χ0n) is 55.3. The summed E-state index contributed by atoms with van der Waals surface area (Å²) in [7, 11) is 12.0. The van der Waals surface area contributed by atoms with Crippen molar-refractivity contribution in [1.29, 1.82) is 0 Å². The van der Waals surface area contributed by atoms with E-state index in [9.17, 15) is 19.2 Å². The molecule has 10 rings (SSSR count). The minimum absolute atomic E-state index is 0.0150. The van der Waals surface area contributed by atoms with Crippen molar-refractivity contribution < 1.29 is 33.8 Å². The number of likely N-dealkylation sites (N-methyl/N-ethyl adjacent to an activating group) is 2. The van der Waals surface area contributed by atoms with E-state index >= 15 is 0 Å². The molecule has 2 unspecified atom stereocenters. The summed E-state index contributed by atoms with van der Waals surface area (Å²) >= 11 is 0. The molecule has 2 aromatic carbocycles. The third-order valence-corrected chi connectivity index (χ3v) is 16.9. The normalized spacial score (nSPS) is 18.1. The number of Topliss-reactive ketones (excluding diaryl/α,β-unsaturated/α-hetero) is 2. The number of anilines is 2. The fourth-order valence-electron chi connectivity index (χ4n) is 11.6. The molecule has 0 radical (unpaired) electrons. The number of likely N-dealkylation sites (tertiary alicyclic amines) is 3. The van der Waals surface area contributed by atoms with Gasteiger partial charge in [0.25, 0.3) is 0 Å². The van der Waals surface area contributed by atoms with Gasteiger partial charge in [0.2, 0.25) is 17.8 Å². The number of hydrogen-bond donors (Lipinski definition) is 4. The molecule has 4 fully saturated rings. The number of benzene rings is 2. The highest BCUT2D eigenvalue weighted by Crippen LogP contribution is 2.28. The van der Waals surface area contributed by atoms with Crippen LogP contribution in [-0.4, -0.2) is 212 Å². The summed E-state index contributed by atoms with van der Waals surface area (Å²) in [4.78, 5) is 77.9. The molecule has 0 spiro atoms. The average Bonchev–Trinajstić information content (AvgIpc) is 1.73. The first kappa shape index (κ1) is 69.2. The zero-order chi connectivity index (χ0) is 65.0. The summed E-state index contributed by atoms with van der Waals surface area (Å²) in [6.07, 6.45) is 18.5. The third-order valence-electron chi connectivity index (χ3n) is 16.9. The maximum Gasteiger partial charge on any atom is 0.328 e. The lowest BCUT2D eigenvalue weighted by molar-refractivity contribution is -0.132. The van der Waals surface area contributed by atoms with Gasteiger partial charge in [-0.1, -0.05) is 88.4 Å². The van der Waals surface area contributed by atoms with Crippen LogP contribution in [0.15, 0.2) is 85.2 Å². The van der Waals surface area contributed by atoms with E-state index in [2.05, 4.69) is 95.9 Å². The van der Waals surface area contributed by atoms with Crippen LogP contribution in [0.1, 0.15) is 124 Å². The first-order valence-electron chi connectivity index (χ1n) is 32.5. The topological polar surface area (TPSA) is 245 Å². The number of carboxylic acids is 1. The Morgan fingerprint density at radius 3 is 1.54 bits per heavy atom. The van der Waals surface area contributed by atoms with Crippen LogP contribution in [0.2, 0.25) is 0 Å². The number of fused-ring (bicyclic) bond motifs is 2. The predicted octanol–water partition coefficient (Wildman–Crippen LogP) is 7.43. The number of carboxylic acid groups (broad SMARTS) is 1. The van der Waals surface area contributed by atoms with Crippen LogP contribution in [0.25, 0.3) is 11.3 Å². The van der Waals surface area contributed by atoms with Gasteiger partial charge in [-0.15, -0.1) is 0 Å². The fourth-order valence-corrected chi connectivity index (χ4v) is 11.6. The van der Waals surface area contributed by atoms with Gasteiger partial charge in [0, 0.05) is 120 Å². The lowest BCUT2D eigenvalue weighted by Crippen LogP contribution is -2.42. The second kappa shape index (κ2) is 34.1. The molecule has 4 N–H and O–H groups in total. The van der Waals surface area contributed by atoms with Gasteiger partial charge < -0.3 is 55.0 Å². The highest BCUT2D eigenvalue weighted by atomic mass is 16.5. The number of ether oxygens (including phenoxy) is 2. The van der Waals surface area contributed by atoms with Crippen molar-refractivity contribution in [3.63, 3.8) is 0 Å². The molecule has 4 aromatic heterocycles. The fraction of sp³-hybridized carbons (Fsp3) is 0.559. The first-order chi connectivity index (χ1) is 43.7. The van der Waals surface area contributed by atoms with Crippen molar-refractivity contribution in [2.75, 3.05) is 118 Å². The zero-order valence-corrected chi connectivity index (χ0v) is 55.3. The van der Waals surface area contributed by atoms with Gasteiger partial charge in [0.05, 0.1) is 12.4 Å². The Bertz CT molecular complexity index is 3390. The van der Waals surface area contributed by atoms with Crippen molar-refractivity contribution in [2.24, 2.45) is 11.8 Å². The minimum Gasteiger partial charge on any atom is -0.478 e. The van der Waals surface area contributed by atoms with Crippen LogP contribution in [0.4, 0.5) is 11.9 Å². The number of rotatable bonds is 24. The van der Waals surface area contributed by atoms with E-state index < -0.39 is 5.97 Å². The number of carbonyl (C=O) groups is 4. The molecule has 1 amide bonds. The SMILES string of the molecule is CC(C)c1cnn2c(NCc3cccc(CC(=O)C4CCCN(C(=O)/C=C/CN(C)C)C4)c3)nc(OC3CCN(C)CC3)nc12.CC(C)c1cnn2c(NCc3cccc(CC(=O)C4CCCNC4)c3)nc(OC3CCN(C)CC3)nc12.CN(C)C/C=C/C(=O)O. The van der Waals surface area contributed by atoms with Crippen molar-refractivity contribution in [3.05, 3.63) is 119 Å². The minimum atomic E-state index is -0.892. The number of nitrogens with zero attached hydrogens (tertiary/aromatic N) is 13. The smallest absolute Gasteiger partial charge is 0.328 e. The molecule has 4 aliphatic rings. The lowest BCUT2D eigenvalue weighted by atomic mass is 9.90. The number of hydrogen-bond acceptors (Lipinski definition) is 19. The Balaban J connectivity index is 0.000000209. The van der Waals surface area contributed by atoms with Gasteiger partial charge in [-0.3, -0.25) is 14.4 Å². The van der Waals surface area contributed by atoms with Crippen molar-refractivity contribution in [3.8, 4) is 12.0 Å². The Hall–Kier alpha value is -7.70. The van der Waals surface area contributed by atoms with Crippen molar-refractivity contribution in [1.82, 2.24) is 69.0 Å². The van der Waals surface area contributed by atoms with Gasteiger partial charge in [-0.25, -0.2) is 4.79 Å². The number of nitrogens with one attached hydrogen (secondary N) is 3. The monoisotopic (exact) mass is 1250 g/mol. The van der Waals surface area contributed by atoms with Gasteiger partial charge in [0.1, 0.15) is 23.8 Å². The lowest BCUT2D eigenvalue weighted by Gasteiger charge is -2.31. The van der Waals surface area contributed by atoms with Crippen molar-refractivity contribution >= 4 is 46.6 Å². The Morgan fingerprint density at radius 2 is 1.09 bits per heavy atom. The van der Waals surface area contributed by atoms with Crippen LogP contribution in [0, 0.1) is 11.8 Å². The second-order valence-electron chi connectivity index (χ2n) is 25.8. The molecule has 0 aliphatic carbocycles. The molecule has 492 valence electrons. The molecule has 4 aliphatic heterocycles. The Labute approximate surface area is 537 Å². The number of amides is 1. The molecule has 2 atom stereocenters. The molecular weight excluding hydrogens is 1150 g/mol. The van der Waals surface area contributed by atoms with E-state index in [-0.39, 0.29) is 47.6 Å². The first-order valence-corrected chi connectivity index (χ1v) is 32.5. The number of aliphatic carboxylic acids is 1. The molecule has 23 nitrogen and oxygen atoms in total. The molecule has 4 saturated heterocycles. The largest absolute Gasteiger partial charge is 0.478 e. The number of piperidine rings is 4. The van der Waals surface area contributed by atoms with Gasteiger partial charge in [-0.05, 0) is 134 Å². The highest BCUT2D eigenvalue weighted by molar-refractivity contribution is 5.89. The predicted molar refractivity (Wildman–Crippen MR) is 355 cm³/mol. The molecule has 91 heavy (non-hydrogen) atoms. The second-order valence-corrected chi connectivity index (χ2v) is 25.8. The number of aromatic nitrogens is 8. The van der Waals surface area contributed by atoms with Gasteiger partial charge in [0.15, 0.2) is 11.3 Å². The maximum absolute atomic E-state index is 13.3. The molecule has 23 heteroatoms. The summed E-state index contributed by atoms with van der Waals surface area (Å²) in [5.74, 6) is 1.30. The highest BCUT2D eigenvalue weighted by Gasteiger charge is 2.29. The van der Waals surface area contributed by atoms with Crippen LogP contribution in [-0.2, 0) is 45.1 Å².